The number of aliphatic hydroxyl groups is 1. The lowest BCUT2D eigenvalue weighted by Gasteiger charge is -2.39. The zero-order valence-corrected chi connectivity index (χ0v) is 26.6. The average molecular weight is 633 g/mol. The van der Waals surface area contributed by atoms with Crippen molar-refractivity contribution in [2.45, 2.75) is 11.6 Å². The van der Waals surface area contributed by atoms with Crippen molar-refractivity contribution in [1.82, 2.24) is 4.98 Å². The molecule has 5 aromatic rings. The Hall–Kier alpha value is -6.30. The molecule has 49 heavy (non-hydrogen) atoms. The number of benzene rings is 4. The van der Waals surface area contributed by atoms with Gasteiger partial charge in [0.05, 0.1) is 34.4 Å². The fourth-order valence-corrected chi connectivity index (χ4v) is 7.36. The number of aromatic nitrogens is 1. The van der Waals surface area contributed by atoms with E-state index in [1.54, 1.807) is 0 Å². The van der Waals surface area contributed by atoms with Crippen molar-refractivity contribution < 1.29 is 5.11 Å². The molecule has 234 valence electrons. The summed E-state index contributed by atoms with van der Waals surface area (Å²) < 4.78 is 0. The molecule has 9 rings (SSSR count). The van der Waals surface area contributed by atoms with E-state index < -0.39 is 11.6 Å². The number of hydrogen-bond acceptors (Lipinski definition) is 4. The fraction of sp³-hybridized carbons (Fsp3) is 0.0455. The van der Waals surface area contributed by atoms with E-state index in [0.29, 0.717) is 5.70 Å². The lowest BCUT2D eigenvalue weighted by atomic mass is 9.80. The van der Waals surface area contributed by atoms with Gasteiger partial charge < -0.3 is 15.0 Å². The van der Waals surface area contributed by atoms with E-state index in [-0.39, 0.29) is 0 Å². The molecule has 0 spiro atoms. The summed E-state index contributed by atoms with van der Waals surface area (Å²) >= 11 is 0. The monoisotopic (exact) mass is 632 g/mol. The van der Waals surface area contributed by atoms with Crippen LogP contribution >= 0.6 is 0 Å². The summed E-state index contributed by atoms with van der Waals surface area (Å²) in [6.07, 6.45) is 14.1. The molecule has 8 bridgehead atoms. The molecule has 5 nitrogen and oxygen atoms in total. The van der Waals surface area contributed by atoms with Crippen molar-refractivity contribution in [3.63, 3.8) is 0 Å². The Bertz CT molecular complexity index is 2430. The second-order valence-corrected chi connectivity index (χ2v) is 12.5. The highest BCUT2D eigenvalue weighted by Crippen LogP contribution is 2.57. The predicted molar refractivity (Wildman–Crippen MR) is 200 cm³/mol. The van der Waals surface area contributed by atoms with Gasteiger partial charge in [-0.05, 0) is 89.1 Å². The molecular weight excluding hydrogens is 601 g/mol. The molecule has 0 radical (unpaired) electrons. The zero-order chi connectivity index (χ0) is 32.8. The molecule has 5 heteroatoms. The molecule has 4 aliphatic heterocycles. The van der Waals surface area contributed by atoms with E-state index >= 15 is 0 Å². The summed E-state index contributed by atoms with van der Waals surface area (Å²) in [5, 5.41) is 15.6. The van der Waals surface area contributed by atoms with Crippen molar-refractivity contribution >= 4 is 40.4 Å². The second kappa shape index (κ2) is 11.7. The normalized spacial score (nSPS) is 21.0. The van der Waals surface area contributed by atoms with Crippen molar-refractivity contribution in [3.05, 3.63) is 208 Å². The summed E-state index contributed by atoms with van der Waals surface area (Å²) in [5.74, 6) is -0.503. The number of aromatic amines is 1. The van der Waals surface area contributed by atoms with Crippen LogP contribution in [0.3, 0.4) is 0 Å². The number of anilines is 1. The van der Waals surface area contributed by atoms with Gasteiger partial charge in [-0.1, -0.05) is 109 Å². The van der Waals surface area contributed by atoms with Gasteiger partial charge >= 0.3 is 0 Å². The zero-order valence-electron chi connectivity index (χ0n) is 26.6. The van der Waals surface area contributed by atoms with Crippen LogP contribution < -0.4 is 15.6 Å². The molecule has 0 aliphatic carbocycles. The molecule has 0 amide bonds. The summed E-state index contributed by atoms with van der Waals surface area (Å²) in [7, 11) is 0. The van der Waals surface area contributed by atoms with Crippen LogP contribution in [0.5, 0.6) is 0 Å². The molecule has 0 saturated carbocycles. The Kier molecular flexibility index (Phi) is 6.92. The van der Waals surface area contributed by atoms with Crippen molar-refractivity contribution in [2.24, 2.45) is 9.98 Å². The number of rotatable bonds is 4. The molecule has 2 atom stereocenters. The Morgan fingerprint density at radius 3 is 1.84 bits per heavy atom. The third-order valence-corrected chi connectivity index (χ3v) is 9.38. The van der Waals surface area contributed by atoms with E-state index in [4.69, 9.17) is 9.98 Å². The topological polar surface area (TPSA) is 64.0 Å². The van der Waals surface area contributed by atoms with Gasteiger partial charge in [-0.25, -0.2) is 9.98 Å². The second-order valence-electron chi connectivity index (χ2n) is 12.5. The van der Waals surface area contributed by atoms with E-state index in [1.807, 2.05) is 78.9 Å². The third-order valence-electron chi connectivity index (χ3n) is 9.38. The van der Waals surface area contributed by atoms with Gasteiger partial charge in [0.1, 0.15) is 0 Å². The van der Waals surface area contributed by atoms with Crippen molar-refractivity contribution in [3.8, 4) is 0 Å². The summed E-state index contributed by atoms with van der Waals surface area (Å²) in [4.78, 5) is 15.9. The largest absolute Gasteiger partial charge is 0.366 e. The Balaban J connectivity index is 1.48. The first-order chi connectivity index (χ1) is 24.1. The van der Waals surface area contributed by atoms with Crippen LogP contribution in [-0.2, 0) is 0 Å². The first kappa shape index (κ1) is 28.9. The lowest BCUT2D eigenvalue weighted by Crippen LogP contribution is -2.47. The number of nitrogens with zero attached hydrogens (tertiary/aromatic N) is 3. The van der Waals surface area contributed by atoms with E-state index in [1.165, 1.54) is 0 Å². The number of allylic oxidation sites excluding steroid dienone is 5. The minimum Gasteiger partial charge on any atom is -0.366 e. The van der Waals surface area contributed by atoms with E-state index in [9.17, 15) is 5.11 Å². The molecule has 0 saturated heterocycles. The first-order valence-corrected chi connectivity index (χ1v) is 16.5. The minimum absolute atomic E-state index is 0.503. The van der Waals surface area contributed by atoms with Gasteiger partial charge in [-0.2, -0.15) is 0 Å². The summed E-state index contributed by atoms with van der Waals surface area (Å²) in [6.45, 7) is 0. The number of para-hydroxylation sites is 1. The molecule has 4 aliphatic rings. The highest BCUT2D eigenvalue weighted by molar-refractivity contribution is 6.20. The van der Waals surface area contributed by atoms with Gasteiger partial charge in [0.15, 0.2) is 5.72 Å². The fourth-order valence-electron chi connectivity index (χ4n) is 7.36. The molecule has 2 unspecified atom stereocenters. The number of nitrogens with one attached hydrogen (secondary N) is 1. The molecule has 5 heterocycles. The van der Waals surface area contributed by atoms with Gasteiger partial charge in [-0.3, -0.25) is 0 Å². The van der Waals surface area contributed by atoms with Crippen LogP contribution in [-0.4, -0.2) is 27.2 Å². The molecule has 0 fully saturated rings. The van der Waals surface area contributed by atoms with Gasteiger partial charge in [0.25, 0.3) is 0 Å². The maximum Gasteiger partial charge on any atom is 0.175 e. The molecule has 1 aromatic heterocycles. The minimum atomic E-state index is -1.58. The Labute approximate surface area is 284 Å². The quantitative estimate of drug-likeness (QED) is 0.218. The van der Waals surface area contributed by atoms with Gasteiger partial charge in [0, 0.05) is 22.0 Å². The van der Waals surface area contributed by atoms with Crippen molar-refractivity contribution in [1.29, 1.82) is 0 Å². The SMILES string of the molecule is OC12C=C3C=CC(=N3)C=c3ccc([nH]3)=CC3=NC(=C(c4ccccc4)C(=C(c4ccccc4)C1c1ccccc1)N2c1ccccc1)C=C3. The van der Waals surface area contributed by atoms with Crippen LogP contribution in [0.2, 0.25) is 0 Å². The maximum absolute atomic E-state index is 13.7. The van der Waals surface area contributed by atoms with Crippen molar-refractivity contribution in [2.75, 3.05) is 4.90 Å². The molecular formula is C44H32N4O. The number of H-pyrrole nitrogens is 1. The number of aliphatic imine (C=N–C) groups is 2. The van der Waals surface area contributed by atoms with Crippen LogP contribution in [0.4, 0.5) is 5.69 Å². The molecule has 2 N–H and O–H groups in total. The van der Waals surface area contributed by atoms with Gasteiger partial charge in [-0.15, -0.1) is 0 Å². The highest BCUT2D eigenvalue weighted by Gasteiger charge is 2.54. The van der Waals surface area contributed by atoms with Crippen LogP contribution in [0.1, 0.15) is 22.6 Å². The summed E-state index contributed by atoms with van der Waals surface area (Å²) in [5.41, 5.74) is 8.23. The Morgan fingerprint density at radius 1 is 0.592 bits per heavy atom. The van der Waals surface area contributed by atoms with E-state index in [0.717, 1.165) is 67.0 Å². The van der Waals surface area contributed by atoms with Crippen LogP contribution in [0.15, 0.2) is 191 Å². The molecule has 4 aromatic carbocycles. The van der Waals surface area contributed by atoms with Crippen LogP contribution in [0, 0.1) is 0 Å². The Morgan fingerprint density at radius 2 is 1.16 bits per heavy atom. The highest BCUT2D eigenvalue weighted by atomic mass is 16.3. The lowest BCUT2D eigenvalue weighted by molar-refractivity contribution is 0.0900. The summed E-state index contributed by atoms with van der Waals surface area (Å²) in [6, 6.07) is 45.4. The van der Waals surface area contributed by atoms with E-state index in [2.05, 4.69) is 107 Å². The maximum atomic E-state index is 13.7. The smallest absolute Gasteiger partial charge is 0.175 e. The number of fused-ring (bicyclic) bond motifs is 6. The average Bonchev–Trinajstić information content (AvgIpc) is 3.94. The predicted octanol–water partition coefficient (Wildman–Crippen LogP) is 7.31. The number of hydrogen-bond donors (Lipinski definition) is 2. The first-order valence-electron chi connectivity index (χ1n) is 16.5. The standard InChI is InChI=1S/C44H32N4O/c49-44-29-37-24-23-35(46-37)27-33-21-22-34(45-33)28-36-25-26-39(47-36)40(30-13-5-1-6-14-30)43(48(44)38-19-11-4-12-20-38)41(31-15-7-2-8-16-31)42(44)32-17-9-3-10-18-32/h1-29,42,45,49H. The third kappa shape index (κ3) is 5.08. The van der Waals surface area contributed by atoms with Crippen LogP contribution in [0.25, 0.3) is 23.3 Å². The van der Waals surface area contributed by atoms with Gasteiger partial charge in [0.2, 0.25) is 0 Å².